The Morgan fingerprint density at radius 3 is 2.48 bits per heavy atom. The first kappa shape index (κ1) is 24.8. The summed E-state index contributed by atoms with van der Waals surface area (Å²) in [5.41, 5.74) is 1.06. The van der Waals surface area contributed by atoms with Gasteiger partial charge in [0.1, 0.15) is 12.1 Å². The van der Waals surface area contributed by atoms with Gasteiger partial charge in [-0.2, -0.15) is 24.4 Å². The number of carbonyl (C=O) groups is 4. The molecule has 2 atom stereocenters. The van der Waals surface area contributed by atoms with Gasteiger partial charge < -0.3 is 20.7 Å². The third kappa shape index (κ3) is 8.78. The van der Waals surface area contributed by atoms with Gasteiger partial charge in [-0.15, -0.1) is 0 Å². The van der Waals surface area contributed by atoms with Crippen molar-refractivity contribution in [2.24, 2.45) is 0 Å². The second-order valence-corrected chi connectivity index (χ2v) is 7.54. The van der Waals surface area contributed by atoms with Crippen molar-refractivity contribution in [3.8, 4) is 0 Å². The molecule has 160 valence electrons. The van der Waals surface area contributed by atoms with Crippen LogP contribution < -0.4 is 16.0 Å². The summed E-state index contributed by atoms with van der Waals surface area (Å²) in [6.07, 6.45) is 2.38. The van der Waals surface area contributed by atoms with Crippen LogP contribution in [0.3, 0.4) is 0 Å². The van der Waals surface area contributed by atoms with Crippen molar-refractivity contribution in [3.63, 3.8) is 0 Å². The Kier molecular flexibility index (Phi) is 11.2. The van der Waals surface area contributed by atoms with Crippen LogP contribution >= 0.6 is 24.4 Å². The van der Waals surface area contributed by atoms with Crippen molar-refractivity contribution in [1.29, 1.82) is 0 Å². The van der Waals surface area contributed by atoms with E-state index in [1.165, 1.54) is 14.0 Å². The number of carbonyl (C=O) groups excluding carboxylic acids is 4. The molecule has 1 aromatic carbocycles. The van der Waals surface area contributed by atoms with Gasteiger partial charge in [0.2, 0.25) is 11.8 Å². The van der Waals surface area contributed by atoms with E-state index in [-0.39, 0.29) is 24.1 Å². The van der Waals surface area contributed by atoms with Gasteiger partial charge in [0.25, 0.3) is 5.91 Å². The molecule has 0 aliphatic rings. The normalized spacial score (nSPS) is 12.4. The monoisotopic (exact) mass is 441 g/mol. The van der Waals surface area contributed by atoms with Crippen LogP contribution in [0.5, 0.6) is 0 Å². The predicted octanol–water partition coefficient (Wildman–Crippen LogP) is 0.762. The lowest BCUT2D eigenvalue weighted by Gasteiger charge is -2.17. The molecule has 0 fully saturated rings. The van der Waals surface area contributed by atoms with Crippen LogP contribution in [-0.2, 0) is 25.7 Å². The van der Waals surface area contributed by atoms with E-state index in [1.807, 2.05) is 6.26 Å². The van der Waals surface area contributed by atoms with Crippen molar-refractivity contribution in [1.82, 2.24) is 16.0 Å². The van der Waals surface area contributed by atoms with Crippen LogP contribution in [0.1, 0.15) is 29.3 Å². The van der Waals surface area contributed by atoms with Gasteiger partial charge in [0.15, 0.2) is 0 Å². The smallest absolute Gasteiger partial charge is 0.328 e. The first-order valence-electron chi connectivity index (χ1n) is 8.94. The molecule has 3 amide bonds. The fourth-order valence-corrected chi connectivity index (χ4v) is 3.17. The molecule has 0 saturated heterocycles. The highest BCUT2D eigenvalue weighted by atomic mass is 32.2. The van der Waals surface area contributed by atoms with Crippen LogP contribution in [0.25, 0.3) is 0 Å². The fraction of sp³-hybridized carbons (Fsp3) is 0.474. The van der Waals surface area contributed by atoms with Crippen LogP contribution in [0.2, 0.25) is 0 Å². The Hall–Kier alpha value is -2.20. The average molecular weight is 442 g/mol. The number of amides is 3. The number of thioether (sulfide) groups is 1. The molecule has 0 heterocycles. The number of esters is 1. The van der Waals surface area contributed by atoms with Crippen LogP contribution in [0.15, 0.2) is 24.3 Å². The zero-order valence-electron chi connectivity index (χ0n) is 16.7. The number of benzene rings is 1. The van der Waals surface area contributed by atoms with Crippen molar-refractivity contribution in [3.05, 3.63) is 35.4 Å². The average Bonchev–Trinajstić information content (AvgIpc) is 2.72. The molecular weight excluding hydrogens is 414 g/mol. The second kappa shape index (κ2) is 13.1. The molecule has 0 saturated carbocycles. The fourth-order valence-electron chi connectivity index (χ4n) is 2.44. The Bertz CT molecular complexity index is 730. The molecular formula is C19H27N3O5S2. The van der Waals surface area contributed by atoms with Gasteiger partial charge in [-0.1, -0.05) is 12.1 Å². The minimum atomic E-state index is -0.737. The molecule has 0 spiro atoms. The molecule has 3 N–H and O–H groups in total. The van der Waals surface area contributed by atoms with E-state index in [9.17, 15) is 19.2 Å². The van der Waals surface area contributed by atoms with Crippen molar-refractivity contribution in [2.45, 2.75) is 32.0 Å². The van der Waals surface area contributed by atoms with E-state index in [1.54, 1.807) is 36.0 Å². The molecule has 0 radical (unpaired) electrons. The van der Waals surface area contributed by atoms with E-state index >= 15 is 0 Å². The molecule has 0 bridgehead atoms. The molecule has 0 aliphatic heterocycles. The number of ether oxygens (including phenoxy) is 1. The van der Waals surface area contributed by atoms with Crippen LogP contribution in [-0.4, -0.2) is 60.6 Å². The quantitative estimate of drug-likeness (QED) is 0.298. The number of rotatable bonds is 11. The van der Waals surface area contributed by atoms with Crippen molar-refractivity contribution >= 4 is 48.1 Å². The molecule has 29 heavy (non-hydrogen) atoms. The number of thiol groups is 1. The standard InChI is InChI=1S/C19H27N3O5S2/c1-12(23)21-16(11-28)18(25)20-10-13-5-4-6-14(9-13)17(24)22-15(7-8-29-3)19(26)27-2/h4-6,9,15-16,28H,7-8,10-11H2,1-3H3,(H,20,25)(H,21,23)(H,22,24)/t15-,16-/m0/s1. The van der Waals surface area contributed by atoms with E-state index < -0.39 is 24.0 Å². The summed E-state index contributed by atoms with van der Waals surface area (Å²) >= 11 is 5.63. The zero-order chi connectivity index (χ0) is 21.8. The summed E-state index contributed by atoms with van der Waals surface area (Å²) in [6, 6.07) is 5.24. The largest absolute Gasteiger partial charge is 0.467 e. The molecule has 0 aliphatic carbocycles. The SMILES string of the molecule is COC(=O)[C@H](CCSC)NC(=O)c1cccc(CNC(=O)[C@H](CS)NC(C)=O)c1. The second-order valence-electron chi connectivity index (χ2n) is 6.18. The molecule has 10 heteroatoms. The summed E-state index contributed by atoms with van der Waals surface area (Å²) in [6.45, 7) is 1.50. The van der Waals surface area contributed by atoms with Crippen LogP contribution in [0.4, 0.5) is 0 Å². The topological polar surface area (TPSA) is 114 Å². The first-order chi connectivity index (χ1) is 13.8. The summed E-state index contributed by atoms with van der Waals surface area (Å²) in [5.74, 6) is -0.717. The maximum Gasteiger partial charge on any atom is 0.328 e. The summed E-state index contributed by atoms with van der Waals surface area (Å²) < 4.78 is 4.75. The summed E-state index contributed by atoms with van der Waals surface area (Å²) in [7, 11) is 1.28. The minimum absolute atomic E-state index is 0.165. The molecule has 8 nitrogen and oxygen atoms in total. The van der Waals surface area contributed by atoms with Crippen LogP contribution in [0, 0.1) is 0 Å². The van der Waals surface area contributed by atoms with Gasteiger partial charge in [-0.25, -0.2) is 4.79 Å². The third-order valence-electron chi connectivity index (χ3n) is 3.93. The highest BCUT2D eigenvalue weighted by Crippen LogP contribution is 2.08. The summed E-state index contributed by atoms with van der Waals surface area (Å²) in [4.78, 5) is 47.7. The maximum absolute atomic E-state index is 12.5. The highest BCUT2D eigenvalue weighted by Gasteiger charge is 2.22. The Morgan fingerprint density at radius 2 is 1.90 bits per heavy atom. The predicted molar refractivity (Wildman–Crippen MR) is 116 cm³/mol. The number of nitrogens with one attached hydrogen (secondary N) is 3. The van der Waals surface area contributed by atoms with Crippen molar-refractivity contribution < 1.29 is 23.9 Å². The van der Waals surface area contributed by atoms with E-state index in [2.05, 4.69) is 28.6 Å². The third-order valence-corrected chi connectivity index (χ3v) is 4.94. The van der Waals surface area contributed by atoms with Gasteiger partial charge >= 0.3 is 5.97 Å². The van der Waals surface area contributed by atoms with Gasteiger partial charge in [0.05, 0.1) is 7.11 Å². The van der Waals surface area contributed by atoms with Crippen molar-refractivity contribution in [2.75, 3.05) is 24.9 Å². The van der Waals surface area contributed by atoms with E-state index in [0.29, 0.717) is 23.3 Å². The number of hydrogen-bond donors (Lipinski definition) is 4. The minimum Gasteiger partial charge on any atom is -0.467 e. The molecule has 1 aromatic rings. The summed E-state index contributed by atoms with van der Waals surface area (Å²) in [5, 5.41) is 7.91. The Labute approximate surface area is 180 Å². The lowest BCUT2D eigenvalue weighted by atomic mass is 10.1. The maximum atomic E-state index is 12.5. The lowest BCUT2D eigenvalue weighted by molar-refractivity contribution is -0.142. The van der Waals surface area contributed by atoms with E-state index in [4.69, 9.17) is 4.74 Å². The number of hydrogen-bond acceptors (Lipinski definition) is 7. The number of methoxy groups -OCH3 is 1. The van der Waals surface area contributed by atoms with Gasteiger partial charge in [-0.3, -0.25) is 14.4 Å². The Balaban J connectivity index is 2.75. The van der Waals surface area contributed by atoms with Gasteiger partial charge in [0, 0.05) is 24.8 Å². The Morgan fingerprint density at radius 1 is 1.17 bits per heavy atom. The van der Waals surface area contributed by atoms with Gasteiger partial charge in [-0.05, 0) is 36.1 Å². The molecule has 0 unspecified atom stereocenters. The zero-order valence-corrected chi connectivity index (χ0v) is 18.4. The lowest BCUT2D eigenvalue weighted by Crippen LogP contribution is -2.47. The highest BCUT2D eigenvalue weighted by molar-refractivity contribution is 7.98. The molecule has 0 aromatic heterocycles. The van der Waals surface area contributed by atoms with E-state index in [0.717, 1.165) is 0 Å². The first-order valence-corrected chi connectivity index (χ1v) is 11.0. The molecule has 1 rings (SSSR count).